The number of ether oxygens (including phenoxy) is 4. The van der Waals surface area contributed by atoms with E-state index < -0.39 is 24.0 Å². The minimum atomic E-state index is -0.667. The highest BCUT2D eigenvalue weighted by molar-refractivity contribution is 5.98. The van der Waals surface area contributed by atoms with Crippen LogP contribution in [0.5, 0.6) is 23.0 Å². The number of cyclic esters (lactones) is 1. The zero-order valence-electron chi connectivity index (χ0n) is 23.0. The van der Waals surface area contributed by atoms with Gasteiger partial charge in [0.1, 0.15) is 22.8 Å². The molecule has 0 spiro atoms. The third kappa shape index (κ3) is 6.61. The van der Waals surface area contributed by atoms with Gasteiger partial charge in [0.25, 0.3) is 0 Å². The van der Waals surface area contributed by atoms with Gasteiger partial charge in [-0.25, -0.2) is 4.79 Å². The topological polar surface area (TPSA) is 108 Å². The third-order valence-corrected chi connectivity index (χ3v) is 6.93. The molecule has 2 aliphatic heterocycles. The Hall–Kier alpha value is -3.81. The number of hydrogen-bond donors (Lipinski definition) is 1. The van der Waals surface area contributed by atoms with Crippen LogP contribution < -0.4 is 14.2 Å². The van der Waals surface area contributed by atoms with Gasteiger partial charge in [-0.2, -0.15) is 0 Å². The summed E-state index contributed by atoms with van der Waals surface area (Å²) in [4.78, 5) is 38.2. The molecule has 0 unspecified atom stereocenters. The molecule has 0 bridgehead atoms. The Kier molecular flexibility index (Phi) is 8.94. The number of phenolic OH excluding ortho intramolecular Hbond substituents is 1. The number of carbonyl (C=O) groups excluding carboxylic acids is 3. The van der Waals surface area contributed by atoms with E-state index in [1.807, 2.05) is 26.0 Å². The van der Waals surface area contributed by atoms with E-state index in [1.165, 1.54) is 0 Å². The molecule has 4 rings (SSSR count). The summed E-state index contributed by atoms with van der Waals surface area (Å²) < 4.78 is 22.6. The molecule has 208 valence electrons. The Morgan fingerprint density at radius 2 is 1.82 bits per heavy atom. The molecular weight excluding hydrogens is 500 g/mol. The average molecular weight is 537 g/mol. The van der Waals surface area contributed by atoms with E-state index in [1.54, 1.807) is 38.3 Å². The fourth-order valence-corrected chi connectivity index (χ4v) is 5.06. The number of allylic oxidation sites excluding steroid dienone is 1. The second kappa shape index (κ2) is 12.4. The van der Waals surface area contributed by atoms with Gasteiger partial charge in [-0.05, 0) is 75.8 Å². The predicted molar refractivity (Wildman–Crippen MR) is 146 cm³/mol. The van der Waals surface area contributed by atoms with Crippen LogP contribution in [0, 0.1) is 0 Å². The average Bonchev–Trinajstić information content (AvgIpc) is 2.87. The third-order valence-electron chi connectivity index (χ3n) is 6.93. The lowest BCUT2D eigenvalue weighted by Gasteiger charge is -2.28. The van der Waals surface area contributed by atoms with Crippen LogP contribution in [0.4, 0.5) is 0 Å². The van der Waals surface area contributed by atoms with Crippen molar-refractivity contribution in [1.29, 1.82) is 0 Å². The zero-order valence-corrected chi connectivity index (χ0v) is 23.0. The number of phenols is 1. The normalized spacial score (nSPS) is 20.4. The summed E-state index contributed by atoms with van der Waals surface area (Å²) in [5.74, 6) is -0.525. The molecule has 39 heavy (non-hydrogen) atoms. The molecule has 0 saturated carbocycles. The van der Waals surface area contributed by atoms with Crippen molar-refractivity contribution in [2.75, 3.05) is 7.11 Å². The minimum Gasteiger partial charge on any atom is -0.507 e. The molecule has 0 saturated heterocycles. The molecule has 2 aliphatic rings. The van der Waals surface area contributed by atoms with Crippen molar-refractivity contribution in [2.24, 2.45) is 0 Å². The summed E-state index contributed by atoms with van der Waals surface area (Å²) >= 11 is 0. The number of Topliss-reactive ketones (excluding diaryl/α,β-unsaturated/α-hetero) is 1. The quantitative estimate of drug-likeness (QED) is 0.368. The summed E-state index contributed by atoms with van der Waals surface area (Å²) in [6.45, 7) is 5.58. The van der Waals surface area contributed by atoms with Crippen molar-refractivity contribution in [3.05, 3.63) is 52.6 Å². The maximum absolute atomic E-state index is 13.4. The minimum absolute atomic E-state index is 0.0257. The predicted octanol–water partition coefficient (Wildman–Crippen LogP) is 6.11. The van der Waals surface area contributed by atoms with Gasteiger partial charge in [0.15, 0.2) is 11.5 Å². The van der Waals surface area contributed by atoms with E-state index in [0.29, 0.717) is 66.7 Å². The van der Waals surface area contributed by atoms with Gasteiger partial charge in [0.2, 0.25) is 0 Å². The molecule has 0 aliphatic carbocycles. The van der Waals surface area contributed by atoms with Crippen LogP contribution in [-0.2, 0) is 14.3 Å². The first-order chi connectivity index (χ1) is 18.7. The molecule has 2 aromatic rings. The highest BCUT2D eigenvalue weighted by Gasteiger charge is 2.36. The molecule has 0 aromatic heterocycles. The van der Waals surface area contributed by atoms with E-state index >= 15 is 0 Å². The number of hydrogen-bond acceptors (Lipinski definition) is 8. The summed E-state index contributed by atoms with van der Waals surface area (Å²) in [5.41, 5.74) is 1.47. The Labute approximate surface area is 228 Å². The van der Waals surface area contributed by atoms with Crippen molar-refractivity contribution in [1.82, 2.24) is 0 Å². The Bertz CT molecular complexity index is 1280. The molecule has 0 fully saturated rings. The largest absolute Gasteiger partial charge is 0.507 e. The van der Waals surface area contributed by atoms with Crippen molar-refractivity contribution in [3.8, 4) is 23.0 Å². The first-order valence-electron chi connectivity index (χ1n) is 13.5. The number of methoxy groups -OCH3 is 1. The van der Waals surface area contributed by atoms with Crippen LogP contribution in [0.3, 0.4) is 0 Å². The van der Waals surface area contributed by atoms with E-state index in [0.717, 1.165) is 0 Å². The maximum atomic E-state index is 13.4. The molecule has 0 radical (unpaired) electrons. The van der Waals surface area contributed by atoms with Crippen LogP contribution in [-0.4, -0.2) is 42.1 Å². The van der Waals surface area contributed by atoms with Gasteiger partial charge in [-0.15, -0.1) is 0 Å². The SMILES string of the molecule is COc1ccc([C@@H]2CC(=O)Oc3cc4c(c(O)c32)C(=O)O[C@H](C)CCCC(=O)CCCC=C4)cc1OC(C)C. The molecule has 1 N–H and O–H groups in total. The lowest BCUT2D eigenvalue weighted by molar-refractivity contribution is -0.135. The van der Waals surface area contributed by atoms with Gasteiger partial charge in [0, 0.05) is 24.3 Å². The van der Waals surface area contributed by atoms with Gasteiger partial charge >= 0.3 is 11.9 Å². The van der Waals surface area contributed by atoms with Crippen molar-refractivity contribution in [3.63, 3.8) is 0 Å². The monoisotopic (exact) mass is 536 g/mol. The number of benzene rings is 2. The highest BCUT2D eigenvalue weighted by atomic mass is 16.5. The number of esters is 2. The highest BCUT2D eigenvalue weighted by Crippen LogP contribution is 2.48. The van der Waals surface area contributed by atoms with Gasteiger partial charge in [-0.1, -0.05) is 18.2 Å². The number of carbonyl (C=O) groups is 3. The van der Waals surface area contributed by atoms with Crippen molar-refractivity contribution < 1.29 is 38.4 Å². The van der Waals surface area contributed by atoms with Crippen LogP contribution >= 0.6 is 0 Å². The fraction of sp³-hybridized carbons (Fsp3) is 0.452. The van der Waals surface area contributed by atoms with E-state index in [2.05, 4.69) is 0 Å². The van der Waals surface area contributed by atoms with Crippen molar-refractivity contribution in [2.45, 2.75) is 83.8 Å². The second-order valence-electron chi connectivity index (χ2n) is 10.4. The number of rotatable bonds is 4. The van der Waals surface area contributed by atoms with Crippen LogP contribution in [0.1, 0.15) is 98.7 Å². The van der Waals surface area contributed by atoms with E-state index in [-0.39, 0.29) is 35.4 Å². The number of aromatic hydroxyl groups is 1. The van der Waals surface area contributed by atoms with Crippen LogP contribution in [0.2, 0.25) is 0 Å². The Morgan fingerprint density at radius 3 is 2.56 bits per heavy atom. The lowest BCUT2D eigenvalue weighted by atomic mass is 9.83. The van der Waals surface area contributed by atoms with E-state index in [9.17, 15) is 19.5 Å². The standard InChI is InChI=1S/C31H36O8/c1-18(2)37-25-15-20(13-14-24(25)36-4)23-17-27(33)39-26-16-21-10-6-5-7-11-22(32)12-8-9-19(3)38-31(35)28(21)30(34)29(23)26/h6,10,13-16,18-19,23,34H,5,7-9,11-12,17H2,1-4H3/t19-,23+/m1/s1. The summed E-state index contributed by atoms with van der Waals surface area (Å²) in [7, 11) is 1.55. The second-order valence-corrected chi connectivity index (χ2v) is 10.4. The summed E-state index contributed by atoms with van der Waals surface area (Å²) in [6.07, 6.45) is 6.41. The van der Waals surface area contributed by atoms with Crippen LogP contribution in [0.15, 0.2) is 30.3 Å². The van der Waals surface area contributed by atoms with Gasteiger partial charge in [-0.3, -0.25) is 9.59 Å². The molecule has 2 aromatic carbocycles. The van der Waals surface area contributed by atoms with Crippen LogP contribution in [0.25, 0.3) is 6.08 Å². The first-order valence-corrected chi connectivity index (χ1v) is 13.5. The number of fused-ring (bicyclic) bond motifs is 2. The number of ketones is 1. The smallest absolute Gasteiger partial charge is 0.342 e. The first kappa shape index (κ1) is 28.2. The van der Waals surface area contributed by atoms with Gasteiger partial charge < -0.3 is 24.1 Å². The summed E-state index contributed by atoms with van der Waals surface area (Å²) in [5, 5.41) is 11.6. The molecule has 2 atom stereocenters. The zero-order chi connectivity index (χ0) is 28.1. The molecule has 0 amide bonds. The molecule has 2 heterocycles. The van der Waals surface area contributed by atoms with E-state index in [4.69, 9.17) is 18.9 Å². The fourth-order valence-electron chi connectivity index (χ4n) is 5.06. The molecular formula is C31H36O8. The summed E-state index contributed by atoms with van der Waals surface area (Å²) in [6, 6.07) is 6.96. The lowest BCUT2D eigenvalue weighted by Crippen LogP contribution is -2.23. The van der Waals surface area contributed by atoms with Crippen molar-refractivity contribution >= 4 is 23.8 Å². The molecule has 8 heteroatoms. The Morgan fingerprint density at radius 1 is 1.05 bits per heavy atom. The van der Waals surface area contributed by atoms with Gasteiger partial charge in [0.05, 0.1) is 25.7 Å². The maximum Gasteiger partial charge on any atom is 0.342 e. The molecule has 8 nitrogen and oxygen atoms in total. The Balaban J connectivity index is 1.82.